The Balaban J connectivity index is 2.00. The molecule has 1 saturated heterocycles. The van der Waals surface area contributed by atoms with E-state index in [1.54, 1.807) is 0 Å². The van der Waals surface area contributed by atoms with Gasteiger partial charge in [-0.05, 0) is 46.7 Å². The van der Waals surface area contributed by atoms with Gasteiger partial charge in [0, 0.05) is 37.3 Å². The molecule has 0 amide bonds. The number of nitrogens with one attached hydrogen (secondary N) is 1. The summed E-state index contributed by atoms with van der Waals surface area (Å²) in [5.74, 6) is 0. The molecule has 0 spiro atoms. The van der Waals surface area contributed by atoms with Gasteiger partial charge in [-0.1, -0.05) is 0 Å². The zero-order valence-electron chi connectivity index (χ0n) is 12.2. The average Bonchev–Trinajstić information content (AvgIpc) is 2.38. The Labute approximate surface area is 111 Å². The van der Waals surface area contributed by atoms with Gasteiger partial charge in [0.2, 0.25) is 0 Å². The molecule has 0 aromatic heterocycles. The maximum absolute atomic E-state index is 9.68. The van der Waals surface area contributed by atoms with E-state index in [-0.39, 0.29) is 12.1 Å². The van der Waals surface area contributed by atoms with Crippen LogP contribution in [0.5, 0.6) is 0 Å². The summed E-state index contributed by atoms with van der Waals surface area (Å²) in [6.07, 6.45) is 4.72. The second-order valence-corrected chi connectivity index (χ2v) is 6.29. The van der Waals surface area contributed by atoms with Crippen molar-refractivity contribution in [3.8, 4) is 0 Å². The predicted octanol–water partition coefficient (Wildman–Crippen LogP) is 0.515. The van der Waals surface area contributed by atoms with Crippen molar-refractivity contribution in [2.24, 2.45) is 0 Å². The number of rotatable bonds is 3. The fraction of sp³-hybridized carbons (Fsp3) is 1.00. The SMILES string of the molecule is CNC1(CO)CCCC(N2CCN(C)CC2C)C1. The molecule has 0 bridgehead atoms. The van der Waals surface area contributed by atoms with E-state index in [0.29, 0.717) is 12.1 Å². The van der Waals surface area contributed by atoms with Gasteiger partial charge in [0.1, 0.15) is 0 Å². The summed E-state index contributed by atoms with van der Waals surface area (Å²) in [7, 11) is 4.20. The highest BCUT2D eigenvalue weighted by molar-refractivity contribution is 4.97. The fourth-order valence-corrected chi connectivity index (χ4v) is 3.76. The van der Waals surface area contributed by atoms with Crippen LogP contribution < -0.4 is 5.32 Å². The topological polar surface area (TPSA) is 38.7 Å². The first-order valence-electron chi connectivity index (χ1n) is 7.34. The van der Waals surface area contributed by atoms with Crippen molar-refractivity contribution in [1.29, 1.82) is 0 Å². The van der Waals surface area contributed by atoms with Crippen LogP contribution in [0.3, 0.4) is 0 Å². The van der Waals surface area contributed by atoms with Crippen molar-refractivity contribution in [1.82, 2.24) is 15.1 Å². The lowest BCUT2D eigenvalue weighted by Gasteiger charge is -2.48. The quantitative estimate of drug-likeness (QED) is 0.771. The molecule has 18 heavy (non-hydrogen) atoms. The maximum atomic E-state index is 9.68. The highest BCUT2D eigenvalue weighted by atomic mass is 16.3. The minimum atomic E-state index is -0.0357. The van der Waals surface area contributed by atoms with Crippen molar-refractivity contribution in [2.75, 3.05) is 40.3 Å². The zero-order chi connectivity index (χ0) is 13.2. The average molecular weight is 255 g/mol. The monoisotopic (exact) mass is 255 g/mol. The fourth-order valence-electron chi connectivity index (χ4n) is 3.76. The second kappa shape index (κ2) is 5.87. The van der Waals surface area contributed by atoms with E-state index in [2.05, 4.69) is 29.1 Å². The first kappa shape index (κ1) is 14.3. The molecule has 2 N–H and O–H groups in total. The molecule has 1 saturated carbocycles. The number of hydrogen-bond donors (Lipinski definition) is 2. The van der Waals surface area contributed by atoms with Crippen LogP contribution in [0.4, 0.5) is 0 Å². The molecule has 1 aliphatic carbocycles. The third kappa shape index (κ3) is 2.87. The molecule has 0 aromatic rings. The van der Waals surface area contributed by atoms with Gasteiger partial charge < -0.3 is 15.3 Å². The summed E-state index contributed by atoms with van der Waals surface area (Å²) >= 11 is 0. The molecule has 4 nitrogen and oxygen atoms in total. The van der Waals surface area contributed by atoms with Gasteiger partial charge >= 0.3 is 0 Å². The van der Waals surface area contributed by atoms with Gasteiger partial charge in [-0.15, -0.1) is 0 Å². The van der Waals surface area contributed by atoms with E-state index in [1.165, 1.54) is 32.5 Å². The molecule has 3 atom stereocenters. The first-order chi connectivity index (χ1) is 8.60. The minimum absolute atomic E-state index is 0.0357. The van der Waals surface area contributed by atoms with E-state index >= 15 is 0 Å². The summed E-state index contributed by atoms with van der Waals surface area (Å²) in [6, 6.07) is 1.28. The summed E-state index contributed by atoms with van der Waals surface area (Å²) in [5.41, 5.74) is -0.0357. The summed E-state index contributed by atoms with van der Waals surface area (Å²) in [5, 5.41) is 13.0. The minimum Gasteiger partial charge on any atom is -0.394 e. The Kier molecular flexibility index (Phi) is 4.64. The number of aliphatic hydroxyl groups is 1. The van der Waals surface area contributed by atoms with E-state index in [0.717, 1.165) is 12.8 Å². The molecule has 3 unspecified atom stereocenters. The van der Waals surface area contributed by atoms with Crippen molar-refractivity contribution in [3.63, 3.8) is 0 Å². The largest absolute Gasteiger partial charge is 0.394 e. The highest BCUT2D eigenvalue weighted by Crippen LogP contribution is 2.32. The zero-order valence-corrected chi connectivity index (χ0v) is 12.2. The van der Waals surface area contributed by atoms with Crippen molar-refractivity contribution >= 4 is 0 Å². The van der Waals surface area contributed by atoms with Gasteiger partial charge in [0.05, 0.1) is 6.61 Å². The van der Waals surface area contributed by atoms with Gasteiger partial charge in [0.25, 0.3) is 0 Å². The molecule has 1 aliphatic heterocycles. The van der Waals surface area contributed by atoms with Crippen LogP contribution in [-0.2, 0) is 0 Å². The molecule has 2 rings (SSSR count). The van der Waals surface area contributed by atoms with Crippen molar-refractivity contribution < 1.29 is 5.11 Å². The van der Waals surface area contributed by atoms with E-state index < -0.39 is 0 Å². The van der Waals surface area contributed by atoms with Gasteiger partial charge in [0.15, 0.2) is 0 Å². The van der Waals surface area contributed by atoms with E-state index in [4.69, 9.17) is 0 Å². The molecular weight excluding hydrogens is 226 g/mol. The van der Waals surface area contributed by atoms with Crippen molar-refractivity contribution in [2.45, 2.75) is 50.2 Å². The molecular formula is C14H29N3O. The maximum Gasteiger partial charge on any atom is 0.0613 e. The van der Waals surface area contributed by atoms with Crippen LogP contribution in [0.25, 0.3) is 0 Å². The number of piperazine rings is 1. The number of nitrogens with zero attached hydrogens (tertiary/aromatic N) is 2. The van der Waals surface area contributed by atoms with Gasteiger partial charge in [-0.2, -0.15) is 0 Å². The summed E-state index contributed by atoms with van der Waals surface area (Å²) < 4.78 is 0. The Hall–Kier alpha value is -0.160. The third-order valence-corrected chi connectivity index (χ3v) is 5.00. The van der Waals surface area contributed by atoms with Gasteiger partial charge in [-0.3, -0.25) is 4.90 Å². The molecule has 0 aromatic carbocycles. The van der Waals surface area contributed by atoms with E-state index in [9.17, 15) is 5.11 Å². The lowest BCUT2D eigenvalue weighted by molar-refractivity contribution is 0.0121. The highest BCUT2D eigenvalue weighted by Gasteiger charge is 2.38. The molecule has 2 fully saturated rings. The number of aliphatic hydroxyl groups excluding tert-OH is 1. The van der Waals surface area contributed by atoms with Crippen LogP contribution in [0.2, 0.25) is 0 Å². The summed E-state index contributed by atoms with van der Waals surface area (Å²) in [6.45, 7) is 6.12. The summed E-state index contributed by atoms with van der Waals surface area (Å²) in [4.78, 5) is 5.09. The van der Waals surface area contributed by atoms with Crippen LogP contribution in [0.1, 0.15) is 32.6 Å². The van der Waals surface area contributed by atoms with Crippen molar-refractivity contribution in [3.05, 3.63) is 0 Å². The Morgan fingerprint density at radius 2 is 2.17 bits per heavy atom. The standard InChI is InChI=1S/C14H29N3O/c1-12-10-16(3)7-8-17(12)13-5-4-6-14(9-13,11-18)15-2/h12-13,15,18H,4-11H2,1-3H3. The van der Waals surface area contributed by atoms with E-state index in [1.807, 2.05) is 7.05 Å². The van der Waals surface area contributed by atoms with Crippen LogP contribution in [-0.4, -0.2) is 72.9 Å². The Bertz CT molecular complexity index is 268. The molecule has 0 radical (unpaired) electrons. The lowest BCUT2D eigenvalue weighted by atomic mass is 9.78. The molecule has 4 heteroatoms. The predicted molar refractivity (Wildman–Crippen MR) is 74.8 cm³/mol. The van der Waals surface area contributed by atoms with Gasteiger partial charge in [-0.25, -0.2) is 0 Å². The Morgan fingerprint density at radius 1 is 1.39 bits per heavy atom. The molecule has 2 aliphatic rings. The molecule has 106 valence electrons. The van der Waals surface area contributed by atoms with Crippen LogP contribution >= 0.6 is 0 Å². The Morgan fingerprint density at radius 3 is 2.78 bits per heavy atom. The van der Waals surface area contributed by atoms with Crippen LogP contribution in [0.15, 0.2) is 0 Å². The normalized spacial score (nSPS) is 40.0. The smallest absolute Gasteiger partial charge is 0.0613 e. The number of hydrogen-bond acceptors (Lipinski definition) is 4. The number of likely N-dealkylation sites (N-methyl/N-ethyl adjacent to an activating group) is 2. The third-order valence-electron chi connectivity index (χ3n) is 5.00. The van der Waals surface area contributed by atoms with Crippen LogP contribution in [0, 0.1) is 0 Å². The first-order valence-corrected chi connectivity index (χ1v) is 7.34. The second-order valence-electron chi connectivity index (χ2n) is 6.29. The molecule has 1 heterocycles. The lowest BCUT2D eigenvalue weighted by Crippen LogP contribution is -2.59.